The molecule has 0 bridgehead atoms. The van der Waals surface area contributed by atoms with Gasteiger partial charge in [0.05, 0.1) is 0 Å². The Morgan fingerprint density at radius 2 is 1.75 bits per heavy atom. The van der Waals surface area contributed by atoms with Crippen LogP contribution in [-0.2, 0) is 11.2 Å². The number of Topliss-reactive ketones (excluding diaryl/α,β-unsaturated/α-hetero) is 1. The summed E-state index contributed by atoms with van der Waals surface area (Å²) in [5.74, 6) is 0.740. The molecule has 0 aromatic carbocycles. The highest BCUT2D eigenvalue weighted by Crippen LogP contribution is 2.24. The maximum absolute atomic E-state index is 12.1. The molecule has 0 atom stereocenters. The topological polar surface area (TPSA) is 30.0 Å². The smallest absolute Gasteiger partial charge is 0.140 e. The molecule has 1 heterocycles. The van der Waals surface area contributed by atoms with E-state index >= 15 is 0 Å². The molecule has 0 amide bonds. The van der Waals surface area contributed by atoms with Gasteiger partial charge >= 0.3 is 0 Å². The first-order valence-corrected chi connectivity index (χ1v) is 6.28. The largest absolute Gasteiger partial charge is 0.299 e. The van der Waals surface area contributed by atoms with Crippen molar-refractivity contribution in [2.24, 2.45) is 5.92 Å². The molecule has 0 N–H and O–H groups in total. The van der Waals surface area contributed by atoms with Crippen LogP contribution in [0.5, 0.6) is 0 Å². The first kappa shape index (κ1) is 11.3. The predicted octanol–water partition coefficient (Wildman–Crippen LogP) is 3.16. The minimum Gasteiger partial charge on any atom is -0.299 e. The summed E-state index contributed by atoms with van der Waals surface area (Å²) in [7, 11) is 0. The highest BCUT2D eigenvalue weighted by molar-refractivity contribution is 5.83. The van der Waals surface area contributed by atoms with Gasteiger partial charge in [-0.05, 0) is 30.5 Å². The Hall–Kier alpha value is -1.18. The lowest BCUT2D eigenvalue weighted by atomic mass is 9.92. The van der Waals surface area contributed by atoms with Crippen LogP contribution >= 0.6 is 0 Å². The van der Waals surface area contributed by atoms with Crippen molar-refractivity contribution in [3.05, 3.63) is 30.1 Å². The molecule has 16 heavy (non-hydrogen) atoms. The van der Waals surface area contributed by atoms with Crippen LogP contribution < -0.4 is 0 Å². The van der Waals surface area contributed by atoms with Crippen molar-refractivity contribution in [1.82, 2.24) is 4.98 Å². The third kappa shape index (κ3) is 3.16. The summed E-state index contributed by atoms with van der Waals surface area (Å²) in [4.78, 5) is 16.1. The fourth-order valence-corrected chi connectivity index (χ4v) is 2.45. The third-order valence-corrected chi connectivity index (χ3v) is 3.44. The van der Waals surface area contributed by atoms with Crippen molar-refractivity contribution in [3.8, 4) is 0 Å². The molecular weight excluding hydrogens is 198 g/mol. The number of carbonyl (C=O) groups is 1. The van der Waals surface area contributed by atoms with Crippen LogP contribution in [-0.4, -0.2) is 10.8 Å². The molecule has 2 nitrogen and oxygen atoms in total. The Morgan fingerprint density at radius 3 is 2.38 bits per heavy atom. The maximum Gasteiger partial charge on any atom is 0.140 e. The van der Waals surface area contributed by atoms with Gasteiger partial charge in [-0.25, -0.2) is 0 Å². The van der Waals surface area contributed by atoms with Gasteiger partial charge in [-0.3, -0.25) is 9.78 Å². The summed E-state index contributed by atoms with van der Waals surface area (Å²) in [5, 5.41) is 0. The fourth-order valence-electron chi connectivity index (χ4n) is 2.45. The van der Waals surface area contributed by atoms with Crippen molar-refractivity contribution >= 4 is 5.78 Å². The quantitative estimate of drug-likeness (QED) is 0.728. The van der Waals surface area contributed by atoms with Crippen LogP contribution in [0.15, 0.2) is 24.5 Å². The zero-order valence-electron chi connectivity index (χ0n) is 9.69. The molecular formula is C14H19NO. The van der Waals surface area contributed by atoms with Crippen LogP contribution in [0.1, 0.15) is 44.1 Å². The van der Waals surface area contributed by atoms with Gasteiger partial charge in [0.15, 0.2) is 0 Å². The zero-order chi connectivity index (χ0) is 11.2. The van der Waals surface area contributed by atoms with Gasteiger partial charge in [0.25, 0.3) is 0 Å². The number of nitrogens with zero attached hydrogens (tertiary/aromatic N) is 1. The van der Waals surface area contributed by atoms with Crippen molar-refractivity contribution in [1.29, 1.82) is 0 Å². The van der Waals surface area contributed by atoms with Gasteiger partial charge < -0.3 is 0 Å². The van der Waals surface area contributed by atoms with E-state index in [1.807, 2.05) is 12.1 Å². The molecule has 1 aromatic rings. The molecule has 1 saturated carbocycles. The molecule has 0 unspecified atom stereocenters. The summed E-state index contributed by atoms with van der Waals surface area (Å²) < 4.78 is 0. The van der Waals surface area contributed by atoms with Crippen LogP contribution in [0.4, 0.5) is 0 Å². The average molecular weight is 217 g/mol. The predicted molar refractivity (Wildman–Crippen MR) is 64.1 cm³/mol. The number of carbonyl (C=O) groups excluding carboxylic acids is 1. The van der Waals surface area contributed by atoms with Gasteiger partial charge in [-0.15, -0.1) is 0 Å². The molecule has 2 rings (SSSR count). The molecule has 1 aromatic heterocycles. The van der Waals surface area contributed by atoms with E-state index in [9.17, 15) is 4.79 Å². The summed E-state index contributed by atoms with van der Waals surface area (Å²) in [6, 6.07) is 3.88. The molecule has 86 valence electrons. The lowest BCUT2D eigenvalue weighted by Crippen LogP contribution is -2.16. The normalized spacial score (nSPS) is 18.0. The summed E-state index contributed by atoms with van der Waals surface area (Å²) in [5.41, 5.74) is 1.10. The summed E-state index contributed by atoms with van der Waals surface area (Å²) in [6.07, 6.45) is 11.4. The second-order valence-corrected chi connectivity index (χ2v) is 4.69. The number of rotatable bonds is 3. The Kier molecular flexibility index (Phi) is 4.09. The second kappa shape index (κ2) is 5.78. The van der Waals surface area contributed by atoms with Crippen molar-refractivity contribution in [2.75, 3.05) is 0 Å². The minimum atomic E-state index is 0.315. The molecule has 0 radical (unpaired) electrons. The zero-order valence-corrected chi connectivity index (χ0v) is 9.69. The van der Waals surface area contributed by atoms with Crippen molar-refractivity contribution in [2.45, 2.75) is 44.9 Å². The lowest BCUT2D eigenvalue weighted by Gasteiger charge is -2.12. The van der Waals surface area contributed by atoms with Gasteiger partial charge in [-0.1, -0.05) is 25.7 Å². The monoisotopic (exact) mass is 217 g/mol. The molecule has 0 aliphatic heterocycles. The highest BCUT2D eigenvalue weighted by Gasteiger charge is 2.19. The Morgan fingerprint density at radius 1 is 1.12 bits per heavy atom. The van der Waals surface area contributed by atoms with E-state index in [1.54, 1.807) is 12.4 Å². The second-order valence-electron chi connectivity index (χ2n) is 4.69. The molecule has 0 saturated heterocycles. The van der Waals surface area contributed by atoms with Crippen LogP contribution in [0.25, 0.3) is 0 Å². The highest BCUT2D eigenvalue weighted by atomic mass is 16.1. The third-order valence-electron chi connectivity index (χ3n) is 3.44. The molecule has 1 fully saturated rings. The van der Waals surface area contributed by atoms with E-state index in [0.717, 1.165) is 18.4 Å². The van der Waals surface area contributed by atoms with E-state index in [1.165, 1.54) is 25.7 Å². The fraction of sp³-hybridized carbons (Fsp3) is 0.571. The van der Waals surface area contributed by atoms with Gasteiger partial charge in [0.1, 0.15) is 5.78 Å². The number of hydrogen-bond acceptors (Lipinski definition) is 2. The van der Waals surface area contributed by atoms with Crippen LogP contribution in [0.3, 0.4) is 0 Å². The minimum absolute atomic E-state index is 0.315. The molecule has 0 spiro atoms. The number of ketones is 1. The van der Waals surface area contributed by atoms with Crippen LogP contribution in [0, 0.1) is 5.92 Å². The van der Waals surface area contributed by atoms with E-state index < -0.39 is 0 Å². The van der Waals surface area contributed by atoms with Crippen molar-refractivity contribution < 1.29 is 4.79 Å². The maximum atomic E-state index is 12.1. The van der Waals surface area contributed by atoms with Crippen LogP contribution in [0.2, 0.25) is 0 Å². The Labute approximate surface area is 97.1 Å². The summed E-state index contributed by atoms with van der Waals surface area (Å²) >= 11 is 0. The number of pyridine rings is 1. The summed E-state index contributed by atoms with van der Waals surface area (Å²) in [6.45, 7) is 0. The van der Waals surface area contributed by atoms with E-state index in [4.69, 9.17) is 0 Å². The van der Waals surface area contributed by atoms with E-state index in [0.29, 0.717) is 18.1 Å². The van der Waals surface area contributed by atoms with Gasteiger partial charge in [-0.2, -0.15) is 0 Å². The van der Waals surface area contributed by atoms with Gasteiger partial charge in [0.2, 0.25) is 0 Å². The lowest BCUT2D eigenvalue weighted by molar-refractivity contribution is -0.122. The Bertz CT molecular complexity index is 326. The number of hydrogen-bond donors (Lipinski definition) is 0. The first-order chi connectivity index (χ1) is 7.86. The van der Waals surface area contributed by atoms with Crippen molar-refractivity contribution in [3.63, 3.8) is 0 Å². The first-order valence-electron chi connectivity index (χ1n) is 6.28. The number of aromatic nitrogens is 1. The van der Waals surface area contributed by atoms with Gasteiger partial charge in [0, 0.05) is 24.7 Å². The molecule has 2 heteroatoms. The van der Waals surface area contributed by atoms with E-state index in [2.05, 4.69) is 4.98 Å². The molecule has 1 aliphatic rings. The molecule has 1 aliphatic carbocycles. The Balaban J connectivity index is 1.92. The standard InChI is InChI=1S/C14H19NO/c16-14(11-12-7-9-15-10-8-12)13-5-3-1-2-4-6-13/h7-10,13H,1-6,11H2. The van der Waals surface area contributed by atoms with E-state index in [-0.39, 0.29) is 0 Å². The SMILES string of the molecule is O=C(Cc1ccncc1)C1CCCCCC1. The average Bonchev–Trinajstić information content (AvgIpc) is 2.59.